The molecule has 2 aliphatic heterocycles. The Labute approximate surface area is 606 Å². The first-order valence-electron chi connectivity index (χ1n) is 34.0. The number of carbonyl (C=O) groups is 16. The van der Waals surface area contributed by atoms with Gasteiger partial charge in [-0.3, -0.25) is 86.7 Å². The number of rotatable bonds is 28. The van der Waals surface area contributed by atoms with Crippen molar-refractivity contribution >= 4 is 130 Å². The number of amides is 14. The van der Waals surface area contributed by atoms with Crippen LogP contribution in [0, 0.1) is 17.8 Å². The number of nitrogens with zero attached hydrogens (tertiary/aromatic N) is 3. The van der Waals surface area contributed by atoms with Crippen LogP contribution in [0.5, 0.6) is 0 Å². The van der Waals surface area contributed by atoms with Gasteiger partial charge in [-0.15, -0.1) is 11.8 Å². The summed E-state index contributed by atoms with van der Waals surface area (Å²) in [5.41, 5.74) is 27.9. The Morgan fingerprint density at radius 3 is 1.80 bits per heavy atom. The number of guanidine groups is 2. The first-order valence-corrected chi connectivity index (χ1v) is 36.6. The average molecular weight is 1500 g/mol. The van der Waals surface area contributed by atoms with Gasteiger partial charge in [0.2, 0.25) is 82.7 Å². The van der Waals surface area contributed by atoms with E-state index in [1.165, 1.54) is 30.6 Å². The van der Waals surface area contributed by atoms with Gasteiger partial charge in [-0.25, -0.2) is 0 Å². The molecular formula is C62H107N21O18S2. The van der Waals surface area contributed by atoms with Gasteiger partial charge in [0.05, 0.1) is 31.2 Å². The Balaban J connectivity index is 2.82. The highest BCUT2D eigenvalue weighted by Gasteiger charge is 2.41. The standard InChI is InChI=1S/C62H107N21O18S2/c1-8-33(4)49-59(100)79-40(26-47(89)90)52(93)72-29-44(85)75-39(16-12-23-70-62(66)67)60(101)83-24-13-17-42(83)57(98)77-38(20-25-102-7)54(95)80-41(53(94)73-28-43(84)74-37(51(92)68-6)18-19-46(87)88)30-103-31-45(86)71-27-34(5)50(91)76-36(15-11-22-69-61(64)65)55(96)81-48(32(2)3)58(99)78-35(56(97)82-49)14-9-10-21-63/h32-42,48-49H,8-31,63H2,1-7H3,(H,68,92)(H,71,86)(H,72,93)(H,73,94)(H,74,84)(H,75,85)(H,76,91)(H,77,98)(H,78,99)(H,79,100)(H,80,95)(H,81,96)(H,82,97)(H,87,88)(H,89,90)(H4,64,65,69)(H4,66,67,70)/t33?,34-,35-,36-,37-,38-,39-,40?,41-,42-,48-,49-/m0/s1. The maximum atomic E-state index is 14.6. The summed E-state index contributed by atoms with van der Waals surface area (Å²) in [5, 5.41) is 51.9. The zero-order valence-corrected chi connectivity index (χ0v) is 61.1. The number of nitrogens with one attached hydrogen (secondary N) is 13. The summed E-state index contributed by atoms with van der Waals surface area (Å²) in [6, 6.07) is -14.4. The van der Waals surface area contributed by atoms with Gasteiger partial charge in [-0.05, 0) is 101 Å². The fourth-order valence-corrected chi connectivity index (χ4v) is 11.8. The molecule has 41 heteroatoms. The van der Waals surface area contributed by atoms with Gasteiger partial charge in [0.1, 0.15) is 60.4 Å². The molecule has 0 aromatic carbocycles. The predicted octanol–water partition coefficient (Wildman–Crippen LogP) is -7.15. The van der Waals surface area contributed by atoms with Crippen molar-refractivity contribution in [3.8, 4) is 0 Å². The van der Waals surface area contributed by atoms with Crippen LogP contribution in [0.3, 0.4) is 0 Å². The number of carboxylic acids is 2. The van der Waals surface area contributed by atoms with Crippen molar-refractivity contribution in [1.29, 1.82) is 0 Å². The summed E-state index contributed by atoms with van der Waals surface area (Å²) in [4.78, 5) is 228. The molecule has 2 rings (SSSR count). The molecule has 580 valence electrons. The molecule has 2 fully saturated rings. The van der Waals surface area contributed by atoms with Crippen LogP contribution in [-0.4, -0.2) is 258 Å². The molecular weight excluding hydrogens is 1390 g/mol. The van der Waals surface area contributed by atoms with E-state index >= 15 is 0 Å². The van der Waals surface area contributed by atoms with Crippen LogP contribution in [-0.2, 0) is 76.7 Å². The Kier molecular flexibility index (Phi) is 41.7. The molecule has 0 spiro atoms. The molecule has 12 atom stereocenters. The van der Waals surface area contributed by atoms with Gasteiger partial charge in [0, 0.05) is 45.4 Å². The second-order valence-electron chi connectivity index (χ2n) is 25.1. The van der Waals surface area contributed by atoms with Crippen LogP contribution in [0.4, 0.5) is 0 Å². The molecule has 2 unspecified atom stereocenters. The second kappa shape index (κ2) is 47.8. The minimum Gasteiger partial charge on any atom is -0.481 e. The lowest BCUT2D eigenvalue weighted by atomic mass is 9.96. The van der Waals surface area contributed by atoms with E-state index in [1.807, 2.05) is 0 Å². The van der Waals surface area contributed by atoms with Crippen molar-refractivity contribution in [2.24, 2.45) is 56.4 Å². The number of thioether (sulfide) groups is 2. The Bertz CT molecular complexity index is 2990. The monoisotopic (exact) mass is 1500 g/mol. The number of likely N-dealkylation sites (N-methyl/N-ethyl adjacent to an activating group) is 1. The van der Waals surface area contributed by atoms with Crippen molar-refractivity contribution in [2.45, 2.75) is 185 Å². The van der Waals surface area contributed by atoms with Crippen molar-refractivity contribution < 1.29 is 86.9 Å². The number of fused-ring (bicyclic) bond motifs is 1. The fourth-order valence-electron chi connectivity index (χ4n) is 10.5. The van der Waals surface area contributed by atoms with E-state index in [-0.39, 0.29) is 127 Å². The molecule has 0 radical (unpaired) electrons. The third-order valence-electron chi connectivity index (χ3n) is 16.5. The number of aliphatic carboxylic acids is 2. The Hall–Kier alpha value is -9.28. The van der Waals surface area contributed by atoms with Crippen molar-refractivity contribution in [1.82, 2.24) is 74.0 Å². The highest BCUT2D eigenvalue weighted by molar-refractivity contribution is 8.00. The quantitative estimate of drug-likeness (QED) is 0.0197. The number of carbonyl (C=O) groups excluding carboxylic acids is 14. The zero-order valence-electron chi connectivity index (χ0n) is 59.4. The third-order valence-corrected chi connectivity index (χ3v) is 18.1. The highest BCUT2D eigenvalue weighted by atomic mass is 32.2. The van der Waals surface area contributed by atoms with Crippen LogP contribution >= 0.6 is 23.5 Å². The van der Waals surface area contributed by atoms with E-state index in [0.717, 1.165) is 11.8 Å². The molecule has 2 saturated heterocycles. The molecule has 0 saturated carbocycles. The lowest BCUT2D eigenvalue weighted by Gasteiger charge is -2.30. The number of hydrogen-bond donors (Lipinski definition) is 20. The molecule has 103 heavy (non-hydrogen) atoms. The summed E-state index contributed by atoms with van der Waals surface area (Å²) in [6.45, 7) is 6.06. The minimum atomic E-state index is -1.88. The maximum absolute atomic E-state index is 14.6. The zero-order chi connectivity index (χ0) is 77.5. The summed E-state index contributed by atoms with van der Waals surface area (Å²) >= 11 is 2.12. The van der Waals surface area contributed by atoms with Crippen LogP contribution in [0.15, 0.2) is 9.98 Å². The molecule has 2 aliphatic rings. The number of nitrogens with two attached hydrogens (primary N) is 5. The average Bonchev–Trinajstić information content (AvgIpc) is 1.76. The van der Waals surface area contributed by atoms with Crippen LogP contribution < -0.4 is 97.8 Å². The van der Waals surface area contributed by atoms with Crippen molar-refractivity contribution in [2.75, 3.05) is 76.4 Å². The third kappa shape index (κ3) is 34.0. The SMILES string of the molecule is CCC(C)[C@@H]1NC(=O)[C@H](CCCCN)NC(=O)[C@H](C(C)C)NC(=O)[C@H](CCCN=C(N)N)NC(=O)[C@@H](C)CNC(=O)CSC[C@@H](C(=O)NCC(=O)N[C@@H](CCC(=O)O)C(=O)NC)NC(=O)[C@H](CCSC)NC(=O)[C@@H]2CCCN2C(=O)[C@H](CCCN=C(N)N)NC(=O)CNC(=O)C(CC(=O)O)NC1=O. The molecule has 39 nitrogen and oxygen atoms in total. The van der Waals surface area contributed by atoms with E-state index in [9.17, 15) is 86.9 Å². The fraction of sp³-hybridized carbons (Fsp3) is 0.710. The lowest BCUT2D eigenvalue weighted by Crippen LogP contribution is -2.61. The van der Waals surface area contributed by atoms with Gasteiger partial charge in [-0.2, -0.15) is 11.8 Å². The molecule has 0 aromatic heterocycles. The van der Waals surface area contributed by atoms with Crippen molar-refractivity contribution in [3.63, 3.8) is 0 Å². The van der Waals surface area contributed by atoms with Crippen LogP contribution in [0.2, 0.25) is 0 Å². The molecule has 25 N–H and O–H groups in total. The highest BCUT2D eigenvalue weighted by Crippen LogP contribution is 2.21. The number of carboxylic acid groups (broad SMARTS) is 2. The van der Waals surface area contributed by atoms with Gasteiger partial charge < -0.3 is 113 Å². The van der Waals surface area contributed by atoms with Crippen molar-refractivity contribution in [3.05, 3.63) is 0 Å². The van der Waals surface area contributed by atoms with E-state index in [2.05, 4.69) is 79.1 Å². The Morgan fingerprint density at radius 2 is 1.22 bits per heavy atom. The maximum Gasteiger partial charge on any atom is 0.305 e. The van der Waals surface area contributed by atoms with E-state index in [4.69, 9.17) is 28.7 Å². The summed E-state index contributed by atoms with van der Waals surface area (Å²) in [5.74, 6) is -18.6. The van der Waals surface area contributed by atoms with E-state index in [1.54, 1.807) is 34.0 Å². The first kappa shape index (κ1) is 89.8. The van der Waals surface area contributed by atoms with E-state index < -0.39 is 204 Å². The topological polar surface area (TPSA) is 628 Å². The van der Waals surface area contributed by atoms with E-state index in [0.29, 0.717) is 6.42 Å². The second-order valence-corrected chi connectivity index (χ2v) is 27.1. The molecule has 0 bridgehead atoms. The van der Waals surface area contributed by atoms with Gasteiger partial charge >= 0.3 is 11.9 Å². The number of unbranched alkanes of at least 4 members (excludes halogenated alkanes) is 1. The van der Waals surface area contributed by atoms with Crippen LogP contribution in [0.25, 0.3) is 0 Å². The summed E-state index contributed by atoms with van der Waals surface area (Å²) in [6.07, 6.45) is 0.988. The largest absolute Gasteiger partial charge is 0.481 e. The van der Waals surface area contributed by atoms with Gasteiger partial charge in [0.15, 0.2) is 11.9 Å². The molecule has 14 amide bonds. The minimum absolute atomic E-state index is 0.0150. The smallest absolute Gasteiger partial charge is 0.305 e. The first-order chi connectivity index (χ1) is 48.7. The predicted molar refractivity (Wildman–Crippen MR) is 381 cm³/mol. The Morgan fingerprint density at radius 1 is 0.660 bits per heavy atom. The molecule has 2 heterocycles. The number of aliphatic imine (C=N–C) groups is 2. The normalized spacial score (nSPS) is 23.8. The van der Waals surface area contributed by atoms with Gasteiger partial charge in [-0.1, -0.05) is 41.0 Å². The summed E-state index contributed by atoms with van der Waals surface area (Å²) in [7, 11) is 1.26. The van der Waals surface area contributed by atoms with Gasteiger partial charge in [0.25, 0.3) is 0 Å². The summed E-state index contributed by atoms with van der Waals surface area (Å²) < 4.78 is 0. The molecule has 0 aromatic rings. The lowest BCUT2D eigenvalue weighted by molar-refractivity contribution is -0.142. The molecule has 0 aliphatic carbocycles. The van der Waals surface area contributed by atoms with Crippen LogP contribution in [0.1, 0.15) is 125 Å². The number of hydrogen-bond acceptors (Lipinski definition) is 21.